The van der Waals surface area contributed by atoms with Gasteiger partial charge in [-0.3, -0.25) is 0 Å². The van der Waals surface area contributed by atoms with Crippen molar-refractivity contribution in [2.75, 3.05) is 66.6 Å². The summed E-state index contributed by atoms with van der Waals surface area (Å²) in [4.78, 5) is 0. The summed E-state index contributed by atoms with van der Waals surface area (Å²) in [5.41, 5.74) is 6.01. The highest BCUT2D eigenvalue weighted by Crippen LogP contribution is 2.58. The Kier molecular flexibility index (Phi) is 10.7. The number of benzene rings is 2. The minimum atomic E-state index is 0.768. The number of ether oxygens (including phenoxy) is 2. The minimum absolute atomic E-state index is 0.768. The number of rotatable bonds is 18. The summed E-state index contributed by atoms with van der Waals surface area (Å²) < 4.78 is 15.1. The lowest BCUT2D eigenvalue weighted by Crippen LogP contribution is -2.54. The average Bonchev–Trinajstić information content (AvgIpc) is 3.04. The van der Waals surface area contributed by atoms with Crippen LogP contribution in [0.25, 0.3) is 5.57 Å². The summed E-state index contributed by atoms with van der Waals surface area (Å²) >= 11 is 0. The molecule has 2 aromatic rings. The average molecular weight is 641 g/mol. The second-order valence-corrected chi connectivity index (χ2v) is 17.0. The molecule has 0 spiro atoms. The molecule has 2 heterocycles. The fraction of sp³-hybridized carbons (Fsp3) is 0.674. The fourth-order valence-electron chi connectivity index (χ4n) is 10.2. The van der Waals surface area contributed by atoms with Gasteiger partial charge in [0, 0.05) is 12.8 Å². The van der Waals surface area contributed by atoms with Gasteiger partial charge in [0.15, 0.2) is 0 Å². The molecule has 6 fully saturated rings. The van der Waals surface area contributed by atoms with Crippen LogP contribution in [0.2, 0.25) is 0 Å². The van der Waals surface area contributed by atoms with Gasteiger partial charge in [-0.05, 0) is 148 Å². The molecule has 2 saturated heterocycles. The molecule has 4 bridgehead atoms. The lowest BCUT2D eigenvalue weighted by Gasteiger charge is -2.52. The first-order valence-electron chi connectivity index (χ1n) is 19.8. The molecule has 0 unspecified atom stereocenters. The number of unbranched alkanes of at least 4 members (excludes halogenated alkanes) is 6. The van der Waals surface area contributed by atoms with Crippen LogP contribution < -0.4 is 9.47 Å². The zero-order valence-corrected chi connectivity index (χ0v) is 29.9. The van der Waals surface area contributed by atoms with E-state index >= 15 is 0 Å². The van der Waals surface area contributed by atoms with Gasteiger partial charge in [-0.1, -0.05) is 29.8 Å². The van der Waals surface area contributed by atoms with Crippen LogP contribution in [0, 0.1) is 23.7 Å². The predicted octanol–water partition coefficient (Wildman–Crippen LogP) is 9.52. The first-order valence-corrected chi connectivity index (χ1v) is 19.8. The van der Waals surface area contributed by atoms with Crippen LogP contribution in [0.15, 0.2) is 54.1 Å². The maximum absolute atomic E-state index is 6.24. The van der Waals surface area contributed by atoms with E-state index in [1.165, 1.54) is 148 Å². The van der Waals surface area contributed by atoms with E-state index in [2.05, 4.69) is 62.6 Å². The molecule has 0 N–H and O–H groups in total. The molecule has 0 amide bonds. The van der Waals surface area contributed by atoms with E-state index in [0.717, 1.165) is 61.2 Å². The molecule has 2 aromatic carbocycles. The normalized spacial score (nSPS) is 26.5. The monoisotopic (exact) mass is 640 g/mol. The van der Waals surface area contributed by atoms with Crippen LogP contribution in [-0.2, 0) is 0 Å². The van der Waals surface area contributed by atoms with Crippen LogP contribution in [0.4, 0.5) is 0 Å². The lowest BCUT2D eigenvalue weighted by atomic mass is 9.53. The Hall–Kier alpha value is -2.30. The van der Waals surface area contributed by atoms with Crippen LogP contribution in [0.5, 0.6) is 11.5 Å². The van der Waals surface area contributed by atoms with E-state index < -0.39 is 0 Å². The fourth-order valence-corrected chi connectivity index (χ4v) is 10.2. The number of quaternary nitrogens is 2. The van der Waals surface area contributed by atoms with Crippen LogP contribution in [-0.4, -0.2) is 75.5 Å². The molecule has 4 nitrogen and oxygen atoms in total. The van der Waals surface area contributed by atoms with Crippen molar-refractivity contribution < 1.29 is 18.4 Å². The smallest absolute Gasteiger partial charge is 0.119 e. The molecule has 0 radical (unpaired) electrons. The quantitative estimate of drug-likeness (QED) is 0.119. The molecule has 8 rings (SSSR count). The third-order valence-corrected chi connectivity index (χ3v) is 13.1. The van der Waals surface area contributed by atoms with Crippen molar-refractivity contribution in [1.29, 1.82) is 0 Å². The highest BCUT2D eigenvalue weighted by atomic mass is 16.5. The van der Waals surface area contributed by atoms with E-state index in [9.17, 15) is 0 Å². The number of hydrogen-bond donors (Lipinski definition) is 0. The Morgan fingerprint density at radius 1 is 0.532 bits per heavy atom. The van der Waals surface area contributed by atoms with E-state index in [0.29, 0.717) is 0 Å². The van der Waals surface area contributed by atoms with Crippen molar-refractivity contribution >= 4 is 5.57 Å². The largest absolute Gasteiger partial charge is 0.494 e. The van der Waals surface area contributed by atoms with E-state index in [1.807, 2.05) is 0 Å². The van der Waals surface area contributed by atoms with Crippen molar-refractivity contribution in [3.8, 4) is 11.5 Å². The van der Waals surface area contributed by atoms with E-state index in [-0.39, 0.29) is 0 Å². The van der Waals surface area contributed by atoms with Crippen molar-refractivity contribution in [3.05, 3.63) is 65.2 Å². The molecule has 4 heteroatoms. The Morgan fingerprint density at radius 3 is 1.32 bits per heavy atom. The van der Waals surface area contributed by atoms with Gasteiger partial charge in [0.25, 0.3) is 0 Å². The molecule has 4 saturated carbocycles. The van der Waals surface area contributed by atoms with Crippen LogP contribution >= 0.6 is 0 Å². The Bertz CT molecular complexity index is 1210. The van der Waals surface area contributed by atoms with Crippen LogP contribution in [0.3, 0.4) is 0 Å². The van der Waals surface area contributed by atoms with Gasteiger partial charge in [0.1, 0.15) is 11.5 Å². The first kappa shape index (κ1) is 33.2. The first-order chi connectivity index (χ1) is 23.0. The number of nitrogens with zero attached hydrogens (tertiary/aromatic N) is 2. The van der Waals surface area contributed by atoms with Crippen molar-refractivity contribution in [2.45, 2.75) is 96.3 Å². The summed E-state index contributed by atoms with van der Waals surface area (Å²) in [5, 5.41) is 0. The summed E-state index contributed by atoms with van der Waals surface area (Å²) in [6.45, 7) is 9.92. The Morgan fingerprint density at radius 2 is 0.936 bits per heavy atom. The van der Waals surface area contributed by atoms with Gasteiger partial charge in [0.2, 0.25) is 0 Å². The highest BCUT2D eigenvalue weighted by Gasteiger charge is 2.46. The van der Waals surface area contributed by atoms with Crippen molar-refractivity contribution in [3.63, 3.8) is 0 Å². The van der Waals surface area contributed by atoms with E-state index in [1.54, 1.807) is 5.57 Å². The Balaban J connectivity index is 0.941. The van der Waals surface area contributed by atoms with Gasteiger partial charge >= 0.3 is 0 Å². The SMILES string of the molecule is C[N+]1(CCCCCCOc2ccc(C(=C3C4CC5CC(C4)CC3C5)c3ccc(OCCCCCC[N+]4(C)CCC4)cc3)cc2)CCC1. The second kappa shape index (κ2) is 15.1. The van der Waals surface area contributed by atoms with E-state index in [4.69, 9.17) is 9.47 Å². The minimum Gasteiger partial charge on any atom is -0.494 e. The number of allylic oxidation sites excluding steroid dienone is 1. The summed E-state index contributed by atoms with van der Waals surface area (Å²) in [7, 11) is 4.84. The summed E-state index contributed by atoms with van der Waals surface area (Å²) in [6, 6.07) is 18.3. The molecule has 4 aliphatic carbocycles. The number of hydrogen-bond acceptors (Lipinski definition) is 2. The lowest BCUT2D eigenvalue weighted by molar-refractivity contribution is -0.946. The van der Waals surface area contributed by atoms with Crippen molar-refractivity contribution in [2.24, 2.45) is 23.7 Å². The Labute approximate surface area is 286 Å². The maximum atomic E-state index is 6.24. The third-order valence-electron chi connectivity index (χ3n) is 13.1. The van der Waals surface area contributed by atoms with Gasteiger partial charge in [-0.15, -0.1) is 0 Å². The molecule has 2 aliphatic heterocycles. The molecule has 47 heavy (non-hydrogen) atoms. The number of likely N-dealkylation sites (tertiary alicyclic amines) is 2. The highest BCUT2D eigenvalue weighted by molar-refractivity contribution is 5.83. The summed E-state index contributed by atoms with van der Waals surface area (Å²) in [5.74, 6) is 5.50. The molecule has 6 aliphatic rings. The van der Waals surface area contributed by atoms with Gasteiger partial charge in [-0.25, -0.2) is 0 Å². The summed E-state index contributed by atoms with van der Waals surface area (Å²) in [6.07, 6.45) is 20.2. The molecule has 0 aromatic heterocycles. The molecular formula is C43H64N2O2+2. The van der Waals surface area contributed by atoms with Gasteiger partial charge < -0.3 is 18.4 Å². The molecule has 0 atom stereocenters. The molecular weight excluding hydrogens is 576 g/mol. The topological polar surface area (TPSA) is 18.5 Å². The maximum Gasteiger partial charge on any atom is 0.119 e. The zero-order chi connectivity index (χ0) is 32.1. The molecule has 256 valence electrons. The van der Waals surface area contributed by atoms with Gasteiger partial charge in [0.05, 0.1) is 66.6 Å². The zero-order valence-electron chi connectivity index (χ0n) is 29.9. The van der Waals surface area contributed by atoms with Gasteiger partial charge in [-0.2, -0.15) is 0 Å². The van der Waals surface area contributed by atoms with Crippen molar-refractivity contribution in [1.82, 2.24) is 0 Å². The second-order valence-electron chi connectivity index (χ2n) is 17.0. The van der Waals surface area contributed by atoms with Crippen LogP contribution in [0.1, 0.15) is 107 Å². The standard InChI is InChI=1S/C43H64N2O2/c1-44(23-11-24-44)21-7-3-5-9-27-46-40-17-13-36(14-18-40)42(43-38-30-34-29-35(32-38)33-39(43)31-34)37-15-19-41(20-16-37)47-28-10-6-4-8-22-45(2)25-12-26-45/h13-20,34-35,38-39H,3-12,21-33H2,1-2H3/q+2. The predicted molar refractivity (Wildman–Crippen MR) is 195 cm³/mol. The third kappa shape index (κ3) is 8.30.